The Kier molecular flexibility index (Phi) is 4.96. The minimum atomic E-state index is -0.503. The van der Waals surface area contributed by atoms with Crippen molar-refractivity contribution in [2.45, 2.75) is 33.3 Å². The van der Waals surface area contributed by atoms with Gasteiger partial charge in [0.15, 0.2) is 0 Å². The molecule has 1 aromatic heterocycles. The zero-order valence-electron chi connectivity index (χ0n) is 9.86. The molecular formula is C12H19NO2S. The zero-order valence-corrected chi connectivity index (χ0v) is 10.7. The standard InChI is InChI=1S/C12H19NO2S/c1-3-12(4-2,9-13)11(14)15-8-10-6-5-7-16-10/h5-7H,3-4,8-9,13H2,1-2H3. The van der Waals surface area contributed by atoms with Crippen molar-refractivity contribution < 1.29 is 9.53 Å². The van der Waals surface area contributed by atoms with E-state index < -0.39 is 5.41 Å². The van der Waals surface area contributed by atoms with E-state index in [0.29, 0.717) is 13.2 Å². The quantitative estimate of drug-likeness (QED) is 0.779. The second-order valence-electron chi connectivity index (χ2n) is 3.85. The number of esters is 1. The number of hydrogen-bond donors (Lipinski definition) is 1. The van der Waals surface area contributed by atoms with Crippen LogP contribution in [0.15, 0.2) is 17.5 Å². The summed E-state index contributed by atoms with van der Waals surface area (Å²) < 4.78 is 5.32. The van der Waals surface area contributed by atoms with Gasteiger partial charge in [0.05, 0.1) is 5.41 Å². The highest BCUT2D eigenvalue weighted by molar-refractivity contribution is 7.09. The van der Waals surface area contributed by atoms with Crippen LogP contribution in [-0.4, -0.2) is 12.5 Å². The molecule has 0 spiro atoms. The summed E-state index contributed by atoms with van der Waals surface area (Å²) in [7, 11) is 0. The molecule has 0 saturated heterocycles. The van der Waals surface area contributed by atoms with Crippen LogP contribution >= 0.6 is 11.3 Å². The first-order chi connectivity index (χ1) is 7.68. The van der Waals surface area contributed by atoms with E-state index in [2.05, 4.69) is 0 Å². The molecule has 0 atom stereocenters. The molecule has 4 heteroatoms. The highest BCUT2D eigenvalue weighted by atomic mass is 32.1. The van der Waals surface area contributed by atoms with E-state index in [4.69, 9.17) is 10.5 Å². The van der Waals surface area contributed by atoms with E-state index in [-0.39, 0.29) is 5.97 Å². The first kappa shape index (κ1) is 13.2. The van der Waals surface area contributed by atoms with Crippen LogP contribution < -0.4 is 5.73 Å². The lowest BCUT2D eigenvalue weighted by Gasteiger charge is -2.27. The summed E-state index contributed by atoms with van der Waals surface area (Å²) in [4.78, 5) is 13.0. The van der Waals surface area contributed by atoms with Crippen LogP contribution in [-0.2, 0) is 16.1 Å². The number of carbonyl (C=O) groups is 1. The summed E-state index contributed by atoms with van der Waals surface area (Å²) in [5.74, 6) is -0.173. The lowest BCUT2D eigenvalue weighted by atomic mass is 9.82. The SMILES string of the molecule is CCC(CC)(CN)C(=O)OCc1cccs1. The van der Waals surface area contributed by atoms with Crippen molar-refractivity contribution in [2.75, 3.05) is 6.54 Å². The molecule has 16 heavy (non-hydrogen) atoms. The molecule has 0 fully saturated rings. The van der Waals surface area contributed by atoms with E-state index in [0.717, 1.165) is 17.7 Å². The van der Waals surface area contributed by atoms with Crippen LogP contribution in [0.1, 0.15) is 31.6 Å². The van der Waals surface area contributed by atoms with Gasteiger partial charge in [-0.1, -0.05) is 19.9 Å². The molecule has 0 radical (unpaired) electrons. The minimum Gasteiger partial charge on any atom is -0.460 e. The van der Waals surface area contributed by atoms with Crippen molar-refractivity contribution in [1.29, 1.82) is 0 Å². The van der Waals surface area contributed by atoms with Gasteiger partial charge in [-0.3, -0.25) is 4.79 Å². The van der Waals surface area contributed by atoms with Crippen molar-refractivity contribution >= 4 is 17.3 Å². The number of nitrogens with two attached hydrogens (primary N) is 1. The molecule has 0 unspecified atom stereocenters. The number of thiophene rings is 1. The molecule has 3 nitrogen and oxygen atoms in total. The monoisotopic (exact) mass is 241 g/mol. The van der Waals surface area contributed by atoms with Crippen molar-refractivity contribution in [3.8, 4) is 0 Å². The van der Waals surface area contributed by atoms with Crippen LogP contribution in [0.2, 0.25) is 0 Å². The van der Waals surface area contributed by atoms with E-state index in [1.54, 1.807) is 11.3 Å². The maximum Gasteiger partial charge on any atom is 0.313 e. The third kappa shape index (κ3) is 2.83. The fourth-order valence-corrected chi connectivity index (χ4v) is 2.21. The molecule has 0 saturated carbocycles. The Morgan fingerprint density at radius 2 is 2.19 bits per heavy atom. The van der Waals surface area contributed by atoms with Crippen LogP contribution in [0, 0.1) is 5.41 Å². The Bertz CT molecular complexity index is 310. The first-order valence-corrected chi connectivity index (χ1v) is 6.46. The van der Waals surface area contributed by atoms with Crippen LogP contribution in [0.25, 0.3) is 0 Å². The molecule has 0 aliphatic carbocycles. The molecule has 2 N–H and O–H groups in total. The summed E-state index contributed by atoms with van der Waals surface area (Å²) >= 11 is 1.59. The van der Waals surface area contributed by atoms with Gasteiger partial charge < -0.3 is 10.5 Å². The van der Waals surface area contributed by atoms with Crippen molar-refractivity contribution in [1.82, 2.24) is 0 Å². The molecule has 0 aromatic carbocycles. The predicted octanol–water partition coefficient (Wildman–Crippen LogP) is 2.56. The average Bonchev–Trinajstić information content (AvgIpc) is 2.82. The summed E-state index contributed by atoms with van der Waals surface area (Å²) in [5.41, 5.74) is 5.18. The zero-order chi connectivity index (χ0) is 12.0. The lowest BCUT2D eigenvalue weighted by molar-refractivity contribution is -0.157. The maximum atomic E-state index is 12.0. The van der Waals surface area contributed by atoms with Gasteiger partial charge in [0, 0.05) is 11.4 Å². The minimum absolute atomic E-state index is 0.173. The van der Waals surface area contributed by atoms with Gasteiger partial charge in [0.25, 0.3) is 0 Å². The Balaban J connectivity index is 2.56. The second kappa shape index (κ2) is 6.01. The molecule has 1 aromatic rings. The number of ether oxygens (including phenoxy) is 1. The number of carbonyl (C=O) groups excluding carboxylic acids is 1. The molecule has 0 aliphatic rings. The molecule has 0 bridgehead atoms. The second-order valence-corrected chi connectivity index (χ2v) is 4.88. The molecule has 1 rings (SSSR count). The van der Waals surface area contributed by atoms with Gasteiger partial charge in [-0.15, -0.1) is 11.3 Å². The first-order valence-electron chi connectivity index (χ1n) is 5.58. The Morgan fingerprint density at radius 1 is 1.50 bits per heavy atom. The van der Waals surface area contributed by atoms with E-state index in [1.165, 1.54) is 0 Å². The van der Waals surface area contributed by atoms with Gasteiger partial charge in [-0.2, -0.15) is 0 Å². The Morgan fingerprint density at radius 3 is 2.62 bits per heavy atom. The third-order valence-corrected chi connectivity index (χ3v) is 3.95. The molecule has 0 amide bonds. The number of rotatable bonds is 6. The smallest absolute Gasteiger partial charge is 0.313 e. The van der Waals surface area contributed by atoms with E-state index in [9.17, 15) is 4.79 Å². The van der Waals surface area contributed by atoms with Crippen LogP contribution in [0.3, 0.4) is 0 Å². The van der Waals surface area contributed by atoms with Crippen LogP contribution in [0.5, 0.6) is 0 Å². The third-order valence-electron chi connectivity index (χ3n) is 3.10. The molecular weight excluding hydrogens is 222 g/mol. The highest BCUT2D eigenvalue weighted by Gasteiger charge is 2.34. The van der Waals surface area contributed by atoms with Gasteiger partial charge in [0.2, 0.25) is 0 Å². The largest absolute Gasteiger partial charge is 0.460 e. The fraction of sp³-hybridized carbons (Fsp3) is 0.583. The molecule has 1 heterocycles. The van der Waals surface area contributed by atoms with Crippen molar-refractivity contribution in [3.05, 3.63) is 22.4 Å². The molecule has 90 valence electrons. The van der Waals surface area contributed by atoms with Gasteiger partial charge >= 0.3 is 5.97 Å². The lowest BCUT2D eigenvalue weighted by Crippen LogP contribution is -2.38. The van der Waals surface area contributed by atoms with Crippen LogP contribution in [0.4, 0.5) is 0 Å². The van der Waals surface area contributed by atoms with E-state index >= 15 is 0 Å². The summed E-state index contributed by atoms with van der Waals surface area (Å²) in [6.07, 6.45) is 1.45. The topological polar surface area (TPSA) is 52.3 Å². The predicted molar refractivity (Wildman–Crippen MR) is 66.2 cm³/mol. The van der Waals surface area contributed by atoms with Crippen molar-refractivity contribution in [3.63, 3.8) is 0 Å². The fourth-order valence-electron chi connectivity index (χ4n) is 1.60. The summed E-state index contributed by atoms with van der Waals surface area (Å²) in [6.45, 7) is 4.66. The summed E-state index contributed by atoms with van der Waals surface area (Å²) in [6, 6.07) is 3.91. The average molecular weight is 241 g/mol. The Hall–Kier alpha value is -0.870. The normalized spacial score (nSPS) is 11.4. The maximum absolute atomic E-state index is 12.0. The summed E-state index contributed by atoms with van der Waals surface area (Å²) in [5, 5.41) is 1.97. The van der Waals surface area contributed by atoms with Gasteiger partial charge in [-0.25, -0.2) is 0 Å². The van der Waals surface area contributed by atoms with E-state index in [1.807, 2.05) is 31.4 Å². The molecule has 0 aliphatic heterocycles. The highest BCUT2D eigenvalue weighted by Crippen LogP contribution is 2.27. The van der Waals surface area contributed by atoms with Gasteiger partial charge in [0.1, 0.15) is 6.61 Å². The number of hydrogen-bond acceptors (Lipinski definition) is 4. The van der Waals surface area contributed by atoms with Crippen molar-refractivity contribution in [2.24, 2.45) is 11.1 Å². The van der Waals surface area contributed by atoms with Gasteiger partial charge in [-0.05, 0) is 24.3 Å². The Labute approximate surface area is 101 Å².